The molecule has 2 fully saturated rings. The molecule has 0 unspecified atom stereocenters. The van der Waals surface area contributed by atoms with Gasteiger partial charge in [0.1, 0.15) is 11.9 Å². The Morgan fingerprint density at radius 1 is 1.23 bits per heavy atom. The molecule has 2 rings (SSSR count). The highest BCUT2D eigenvalue weighted by molar-refractivity contribution is 5.93. The zero-order valence-corrected chi connectivity index (χ0v) is 17.1. The van der Waals surface area contributed by atoms with Gasteiger partial charge in [0.15, 0.2) is 0 Å². The Bertz CT molecular complexity index is 643. The van der Waals surface area contributed by atoms with Gasteiger partial charge in [-0.25, -0.2) is 4.79 Å². The van der Waals surface area contributed by atoms with Crippen LogP contribution in [0, 0.1) is 16.2 Å². The Hall–Kier alpha value is -1.65. The highest BCUT2D eigenvalue weighted by Gasteiger charge is 2.76. The first kappa shape index (κ1) is 20.7. The average molecular weight is 364 g/mol. The fourth-order valence-electron chi connectivity index (χ4n) is 4.43. The lowest BCUT2D eigenvalue weighted by Crippen LogP contribution is -2.49. The van der Waals surface area contributed by atoms with Gasteiger partial charge in [0.05, 0.1) is 5.41 Å². The summed E-state index contributed by atoms with van der Waals surface area (Å²) >= 11 is 0. The van der Waals surface area contributed by atoms with E-state index in [0.29, 0.717) is 25.7 Å². The Morgan fingerprint density at radius 2 is 1.81 bits per heavy atom. The van der Waals surface area contributed by atoms with Crippen molar-refractivity contribution in [1.29, 1.82) is 0 Å². The highest BCUT2D eigenvalue weighted by Crippen LogP contribution is 2.65. The maximum atomic E-state index is 12.9. The first-order chi connectivity index (χ1) is 11.9. The number of esters is 2. The molecule has 0 radical (unpaired) electrons. The van der Waals surface area contributed by atoms with Crippen LogP contribution in [0.4, 0.5) is 0 Å². The second kappa shape index (κ2) is 6.50. The van der Waals surface area contributed by atoms with E-state index in [4.69, 9.17) is 9.47 Å². The molecular formula is C21H32O5. The molecule has 0 aromatic heterocycles. The number of rotatable bonds is 7. The van der Waals surface area contributed by atoms with Gasteiger partial charge >= 0.3 is 11.9 Å². The van der Waals surface area contributed by atoms with Crippen LogP contribution in [0.25, 0.3) is 0 Å². The van der Waals surface area contributed by atoms with Gasteiger partial charge in [-0.3, -0.25) is 9.59 Å². The number of ketones is 1. The Balaban J connectivity index is 2.17. The lowest BCUT2D eigenvalue weighted by atomic mass is 9.66. The molecule has 0 N–H and O–H groups in total. The van der Waals surface area contributed by atoms with Gasteiger partial charge in [0, 0.05) is 10.8 Å². The van der Waals surface area contributed by atoms with Gasteiger partial charge in [0.25, 0.3) is 0 Å². The smallest absolute Gasteiger partial charge is 0.351 e. The fraction of sp³-hybridized carbons (Fsp3) is 0.762. The van der Waals surface area contributed by atoms with E-state index in [0.717, 1.165) is 0 Å². The van der Waals surface area contributed by atoms with E-state index in [2.05, 4.69) is 0 Å². The van der Waals surface area contributed by atoms with Gasteiger partial charge in [-0.2, -0.15) is 0 Å². The molecule has 1 saturated carbocycles. The van der Waals surface area contributed by atoms with Crippen molar-refractivity contribution in [3.05, 3.63) is 12.2 Å². The molecule has 2 bridgehead atoms. The molecule has 0 spiro atoms. The summed E-state index contributed by atoms with van der Waals surface area (Å²) in [5.41, 5.74) is -3.01. The first-order valence-electron chi connectivity index (χ1n) is 9.57. The SMILES string of the molecule is CCC(/C=C/[C@@H](C)OC(=O)[C@@]12CC[C@@](C)(C(=O)O1)C2(C)C)(CC)C(C)=O. The number of ether oxygens (including phenoxy) is 2. The molecule has 2 aliphatic rings. The van der Waals surface area contributed by atoms with Crippen LogP contribution in [0.5, 0.6) is 0 Å². The van der Waals surface area contributed by atoms with Crippen LogP contribution in [0.3, 0.4) is 0 Å². The van der Waals surface area contributed by atoms with Crippen molar-refractivity contribution in [2.24, 2.45) is 16.2 Å². The second-order valence-corrected chi connectivity index (χ2v) is 8.56. The largest absolute Gasteiger partial charge is 0.455 e. The normalized spacial score (nSPS) is 31.1. The lowest BCUT2D eigenvalue weighted by molar-refractivity contribution is -0.185. The number of Topliss-reactive ketones (excluding diaryl/α,β-unsaturated/α-hetero) is 1. The van der Waals surface area contributed by atoms with E-state index in [-0.39, 0.29) is 11.8 Å². The van der Waals surface area contributed by atoms with Crippen LogP contribution in [-0.2, 0) is 23.9 Å². The Kier molecular flexibility index (Phi) is 5.17. The number of fused-ring (bicyclic) bond motifs is 2. The van der Waals surface area contributed by atoms with Crippen LogP contribution in [0.1, 0.15) is 74.1 Å². The van der Waals surface area contributed by atoms with Crippen molar-refractivity contribution in [3.8, 4) is 0 Å². The quantitative estimate of drug-likeness (QED) is 0.504. The molecule has 26 heavy (non-hydrogen) atoms. The molecule has 5 nitrogen and oxygen atoms in total. The standard InChI is InChI=1S/C21H32O5/c1-8-20(9-2,15(4)22)11-10-14(3)25-17(24)21-13-12-19(7,16(23)26-21)18(21,5)6/h10-11,14H,8-9,12-13H2,1-7H3/b11-10+/t14-,19+,21-/m1/s1. The molecule has 3 atom stereocenters. The Labute approximate surface area is 156 Å². The van der Waals surface area contributed by atoms with E-state index in [1.165, 1.54) is 0 Å². The molecule has 1 saturated heterocycles. The summed E-state index contributed by atoms with van der Waals surface area (Å²) in [5, 5.41) is 0. The van der Waals surface area contributed by atoms with Crippen molar-refractivity contribution in [3.63, 3.8) is 0 Å². The van der Waals surface area contributed by atoms with Crippen LogP contribution in [-0.4, -0.2) is 29.4 Å². The van der Waals surface area contributed by atoms with Crippen LogP contribution < -0.4 is 0 Å². The molecule has 0 aromatic carbocycles. The number of carbonyl (C=O) groups excluding carboxylic acids is 3. The maximum Gasteiger partial charge on any atom is 0.351 e. The molecule has 1 aliphatic heterocycles. The van der Waals surface area contributed by atoms with E-state index in [9.17, 15) is 14.4 Å². The Morgan fingerprint density at radius 3 is 2.19 bits per heavy atom. The minimum absolute atomic E-state index is 0.105. The van der Waals surface area contributed by atoms with E-state index >= 15 is 0 Å². The molecule has 5 heteroatoms. The third-order valence-corrected chi connectivity index (χ3v) is 7.36. The van der Waals surface area contributed by atoms with Crippen LogP contribution in [0.2, 0.25) is 0 Å². The minimum atomic E-state index is -1.21. The zero-order chi connectivity index (χ0) is 20.0. The summed E-state index contributed by atoms with van der Waals surface area (Å²) < 4.78 is 11.2. The third kappa shape index (κ3) is 2.62. The molecule has 146 valence electrons. The minimum Gasteiger partial charge on any atom is -0.455 e. The van der Waals surface area contributed by atoms with E-state index in [1.54, 1.807) is 19.9 Å². The topological polar surface area (TPSA) is 69.7 Å². The van der Waals surface area contributed by atoms with Gasteiger partial charge in [-0.05, 0) is 52.5 Å². The van der Waals surface area contributed by atoms with Crippen molar-refractivity contribution in [2.75, 3.05) is 0 Å². The zero-order valence-electron chi connectivity index (χ0n) is 17.1. The van der Waals surface area contributed by atoms with Gasteiger partial charge in [0.2, 0.25) is 5.60 Å². The van der Waals surface area contributed by atoms with Gasteiger partial charge < -0.3 is 9.47 Å². The summed E-state index contributed by atoms with van der Waals surface area (Å²) in [6.07, 6.45) is 5.62. The van der Waals surface area contributed by atoms with Crippen molar-refractivity contribution in [2.45, 2.75) is 85.9 Å². The van der Waals surface area contributed by atoms with Crippen molar-refractivity contribution < 1.29 is 23.9 Å². The van der Waals surface area contributed by atoms with E-state index in [1.807, 2.05) is 40.7 Å². The number of allylic oxidation sites excluding steroid dienone is 1. The summed E-state index contributed by atoms with van der Waals surface area (Å²) in [4.78, 5) is 37.2. The third-order valence-electron chi connectivity index (χ3n) is 7.36. The molecule has 1 heterocycles. The summed E-state index contributed by atoms with van der Waals surface area (Å²) in [6, 6.07) is 0. The second-order valence-electron chi connectivity index (χ2n) is 8.56. The average Bonchev–Trinajstić information content (AvgIpc) is 2.86. The van der Waals surface area contributed by atoms with Crippen LogP contribution in [0.15, 0.2) is 12.2 Å². The highest BCUT2D eigenvalue weighted by atomic mass is 16.6. The number of carbonyl (C=O) groups is 3. The molecular weight excluding hydrogens is 332 g/mol. The predicted molar refractivity (Wildman–Crippen MR) is 98.3 cm³/mol. The summed E-state index contributed by atoms with van der Waals surface area (Å²) in [6.45, 7) is 13.0. The van der Waals surface area contributed by atoms with Gasteiger partial charge in [-0.1, -0.05) is 33.8 Å². The summed E-state index contributed by atoms with van der Waals surface area (Å²) in [7, 11) is 0. The van der Waals surface area contributed by atoms with E-state index < -0.39 is 33.9 Å². The lowest BCUT2D eigenvalue weighted by Gasteiger charge is -2.35. The fourth-order valence-corrected chi connectivity index (χ4v) is 4.43. The van der Waals surface area contributed by atoms with Crippen LogP contribution >= 0.6 is 0 Å². The maximum absolute atomic E-state index is 12.9. The molecule has 0 aromatic rings. The predicted octanol–water partition coefficient (Wildman–Crippen LogP) is 3.99. The molecule has 0 amide bonds. The monoisotopic (exact) mass is 364 g/mol. The number of hydrogen-bond donors (Lipinski definition) is 0. The molecule has 1 aliphatic carbocycles. The van der Waals surface area contributed by atoms with Crippen molar-refractivity contribution in [1.82, 2.24) is 0 Å². The van der Waals surface area contributed by atoms with Crippen molar-refractivity contribution >= 4 is 17.7 Å². The summed E-state index contributed by atoms with van der Waals surface area (Å²) in [5.74, 6) is -0.703. The number of hydrogen-bond acceptors (Lipinski definition) is 5. The first-order valence-corrected chi connectivity index (χ1v) is 9.57. The van der Waals surface area contributed by atoms with Gasteiger partial charge in [-0.15, -0.1) is 0 Å².